The van der Waals surface area contributed by atoms with E-state index in [1.165, 1.54) is 12.8 Å². The topological polar surface area (TPSA) is 90.5 Å². The Kier molecular flexibility index (Phi) is 3.84. The number of fused-ring (bicyclic) bond motifs is 1. The van der Waals surface area contributed by atoms with E-state index in [0.717, 1.165) is 30.8 Å². The molecule has 0 bridgehead atoms. The van der Waals surface area contributed by atoms with E-state index in [0.29, 0.717) is 30.0 Å². The lowest BCUT2D eigenvalue weighted by Gasteiger charge is -2.56. The van der Waals surface area contributed by atoms with Crippen molar-refractivity contribution < 1.29 is 14.4 Å². The number of nitrogens with one attached hydrogen (secondary N) is 3. The molecule has 3 fully saturated rings. The van der Waals surface area contributed by atoms with Crippen LogP contribution in [0.4, 0.5) is 0 Å². The van der Waals surface area contributed by atoms with Crippen molar-refractivity contribution in [3.05, 3.63) is 34.9 Å². The highest BCUT2D eigenvalue weighted by molar-refractivity contribution is 6.05. The molecule has 1 spiro atoms. The molecule has 1 saturated carbocycles. The Hall–Kier alpha value is -2.25. The summed E-state index contributed by atoms with van der Waals surface area (Å²) in [5.41, 5.74) is 3.20. The Labute approximate surface area is 157 Å². The fraction of sp³-hybridized carbons (Fsp3) is 0.550. The number of amides is 3. The number of carbonyl (C=O) groups excluding carboxylic acids is 3. The van der Waals surface area contributed by atoms with E-state index in [2.05, 4.69) is 22.0 Å². The van der Waals surface area contributed by atoms with Crippen LogP contribution in [-0.2, 0) is 22.7 Å². The maximum absolute atomic E-state index is 12.9. The van der Waals surface area contributed by atoms with Gasteiger partial charge in [0.15, 0.2) is 0 Å². The molecule has 27 heavy (non-hydrogen) atoms. The maximum Gasteiger partial charge on any atom is 0.255 e. The second kappa shape index (κ2) is 6.14. The molecular formula is C20H24N4O3. The molecular weight excluding hydrogens is 344 g/mol. The minimum atomic E-state index is -0.551. The quantitative estimate of drug-likeness (QED) is 0.665. The third-order valence-electron chi connectivity index (χ3n) is 6.77. The smallest absolute Gasteiger partial charge is 0.255 e. The van der Waals surface area contributed by atoms with E-state index in [9.17, 15) is 14.4 Å². The van der Waals surface area contributed by atoms with E-state index in [4.69, 9.17) is 0 Å². The van der Waals surface area contributed by atoms with Gasteiger partial charge in [0.05, 0.1) is 0 Å². The first-order chi connectivity index (χ1) is 13.1. The minimum Gasteiger partial charge on any atom is -0.322 e. The molecule has 3 amide bonds. The van der Waals surface area contributed by atoms with Gasteiger partial charge in [0, 0.05) is 49.6 Å². The fourth-order valence-corrected chi connectivity index (χ4v) is 4.84. The average Bonchev–Trinajstić information content (AvgIpc) is 2.89. The summed E-state index contributed by atoms with van der Waals surface area (Å²) in [6.07, 6.45) is 3.19. The van der Waals surface area contributed by atoms with Crippen molar-refractivity contribution in [3.63, 3.8) is 0 Å². The molecule has 7 nitrogen and oxygen atoms in total. The number of carbonyl (C=O) groups is 3. The van der Waals surface area contributed by atoms with E-state index in [1.807, 2.05) is 12.1 Å². The zero-order valence-corrected chi connectivity index (χ0v) is 15.2. The van der Waals surface area contributed by atoms with Gasteiger partial charge >= 0.3 is 0 Å². The Morgan fingerprint density at radius 3 is 2.70 bits per heavy atom. The summed E-state index contributed by atoms with van der Waals surface area (Å²) in [5, 5.41) is 9.37. The summed E-state index contributed by atoms with van der Waals surface area (Å²) in [6, 6.07) is 6.03. The van der Waals surface area contributed by atoms with Gasteiger partial charge in [-0.05, 0) is 36.5 Å². The molecule has 1 aliphatic carbocycles. The van der Waals surface area contributed by atoms with Gasteiger partial charge in [-0.3, -0.25) is 19.7 Å². The van der Waals surface area contributed by atoms with Crippen LogP contribution in [0.2, 0.25) is 0 Å². The summed E-state index contributed by atoms with van der Waals surface area (Å²) in [7, 11) is 0. The number of nitrogens with zero attached hydrogens (tertiary/aromatic N) is 1. The molecule has 3 N–H and O–H groups in total. The van der Waals surface area contributed by atoms with Crippen molar-refractivity contribution in [2.75, 3.05) is 13.1 Å². The third kappa shape index (κ3) is 2.68. The van der Waals surface area contributed by atoms with E-state index in [1.54, 1.807) is 4.90 Å². The molecule has 4 aliphatic rings. The Morgan fingerprint density at radius 2 is 2.04 bits per heavy atom. The molecule has 3 aliphatic heterocycles. The lowest BCUT2D eigenvalue weighted by atomic mass is 9.60. The van der Waals surface area contributed by atoms with Crippen molar-refractivity contribution in [1.29, 1.82) is 0 Å². The van der Waals surface area contributed by atoms with Gasteiger partial charge in [-0.15, -0.1) is 0 Å². The standard InChI is InChI=1S/C20H24N4O3/c25-17-4-3-15(18(26)23-17)24-9-13-2-1-12(7-14(13)19(24)27)8-22-16-5-6-20(16)10-21-11-20/h1-2,7,15-16,21-22H,3-6,8-11H2,(H,23,25,26). The summed E-state index contributed by atoms with van der Waals surface area (Å²) >= 11 is 0. The van der Waals surface area contributed by atoms with Gasteiger partial charge in [-0.25, -0.2) is 0 Å². The highest BCUT2D eigenvalue weighted by Gasteiger charge is 2.50. The molecule has 2 atom stereocenters. The molecule has 0 radical (unpaired) electrons. The Bertz CT molecular complexity index is 827. The first-order valence-electron chi connectivity index (χ1n) is 9.76. The van der Waals surface area contributed by atoms with E-state index < -0.39 is 6.04 Å². The van der Waals surface area contributed by atoms with E-state index >= 15 is 0 Å². The molecule has 2 saturated heterocycles. The van der Waals surface area contributed by atoms with Gasteiger partial charge in [0.25, 0.3) is 5.91 Å². The van der Waals surface area contributed by atoms with E-state index in [-0.39, 0.29) is 24.1 Å². The average molecular weight is 368 g/mol. The fourth-order valence-electron chi connectivity index (χ4n) is 4.84. The highest BCUT2D eigenvalue weighted by atomic mass is 16.2. The minimum absolute atomic E-state index is 0.107. The van der Waals surface area contributed by atoms with Crippen LogP contribution in [0.1, 0.15) is 47.2 Å². The van der Waals surface area contributed by atoms with Crippen LogP contribution >= 0.6 is 0 Å². The lowest BCUT2D eigenvalue weighted by molar-refractivity contribution is -0.136. The van der Waals surface area contributed by atoms with Crippen LogP contribution in [0.5, 0.6) is 0 Å². The molecule has 1 aromatic carbocycles. The van der Waals surface area contributed by atoms with Crippen LogP contribution in [0.25, 0.3) is 0 Å². The first-order valence-corrected chi connectivity index (χ1v) is 9.76. The predicted molar refractivity (Wildman–Crippen MR) is 97.7 cm³/mol. The van der Waals surface area contributed by atoms with Crippen LogP contribution in [0.3, 0.4) is 0 Å². The van der Waals surface area contributed by atoms with Crippen LogP contribution in [-0.4, -0.2) is 47.8 Å². The SMILES string of the molecule is O=C1CCC(N2Cc3ccc(CNC4CCC45CNC5)cc3C2=O)C(=O)N1. The van der Waals surface area contributed by atoms with Gasteiger partial charge in [-0.2, -0.15) is 0 Å². The van der Waals surface area contributed by atoms with Crippen molar-refractivity contribution in [2.24, 2.45) is 5.41 Å². The molecule has 0 aromatic heterocycles. The zero-order valence-electron chi connectivity index (χ0n) is 15.2. The molecule has 2 unspecified atom stereocenters. The predicted octanol–water partition coefficient (Wildman–Crippen LogP) is 0.289. The van der Waals surface area contributed by atoms with Crippen LogP contribution in [0, 0.1) is 5.41 Å². The Morgan fingerprint density at radius 1 is 1.19 bits per heavy atom. The highest BCUT2D eigenvalue weighted by Crippen LogP contribution is 2.44. The summed E-state index contributed by atoms with van der Waals surface area (Å²) in [6.45, 7) is 3.40. The number of imide groups is 1. The van der Waals surface area contributed by atoms with Gasteiger partial charge in [0.2, 0.25) is 11.8 Å². The van der Waals surface area contributed by atoms with Gasteiger partial charge in [-0.1, -0.05) is 12.1 Å². The third-order valence-corrected chi connectivity index (χ3v) is 6.77. The molecule has 5 rings (SSSR count). The zero-order chi connectivity index (χ0) is 18.6. The van der Waals surface area contributed by atoms with Crippen molar-refractivity contribution in [2.45, 2.75) is 50.9 Å². The number of hydrogen-bond donors (Lipinski definition) is 3. The number of rotatable bonds is 4. The van der Waals surface area contributed by atoms with Crippen LogP contribution < -0.4 is 16.0 Å². The largest absolute Gasteiger partial charge is 0.322 e. The summed E-state index contributed by atoms with van der Waals surface area (Å²) in [4.78, 5) is 38.0. The van der Waals surface area contributed by atoms with Crippen molar-refractivity contribution in [1.82, 2.24) is 20.9 Å². The lowest BCUT2D eigenvalue weighted by Crippen LogP contribution is -2.68. The monoisotopic (exact) mass is 368 g/mol. The number of benzene rings is 1. The molecule has 7 heteroatoms. The second-order valence-corrected chi connectivity index (χ2v) is 8.33. The Balaban J connectivity index is 1.27. The summed E-state index contributed by atoms with van der Waals surface area (Å²) < 4.78 is 0. The van der Waals surface area contributed by atoms with Gasteiger partial charge in [0.1, 0.15) is 6.04 Å². The second-order valence-electron chi connectivity index (χ2n) is 8.33. The molecule has 142 valence electrons. The summed E-state index contributed by atoms with van der Waals surface area (Å²) in [5.74, 6) is -0.729. The number of hydrogen-bond acceptors (Lipinski definition) is 5. The van der Waals surface area contributed by atoms with Crippen molar-refractivity contribution >= 4 is 17.7 Å². The normalized spacial score (nSPS) is 28.6. The number of piperidine rings is 1. The maximum atomic E-state index is 12.9. The van der Waals surface area contributed by atoms with Crippen LogP contribution in [0.15, 0.2) is 18.2 Å². The first kappa shape index (κ1) is 16.9. The van der Waals surface area contributed by atoms with Crippen molar-refractivity contribution in [3.8, 4) is 0 Å². The molecule has 1 aromatic rings. The molecule has 3 heterocycles. The van der Waals surface area contributed by atoms with Gasteiger partial charge < -0.3 is 15.5 Å².